The largest absolute Gasteiger partial charge is 0.0696 e. The van der Waals surface area contributed by atoms with Crippen LogP contribution in [0.1, 0.15) is 11.1 Å². The molecule has 0 unspecified atom stereocenters. The van der Waals surface area contributed by atoms with Gasteiger partial charge in [-0.1, -0.05) is 36.4 Å². The summed E-state index contributed by atoms with van der Waals surface area (Å²) in [6.07, 6.45) is 0. The van der Waals surface area contributed by atoms with Gasteiger partial charge in [-0.2, -0.15) is 0 Å². The fraction of sp³-hybridized carbons (Fsp3) is 0.125. The summed E-state index contributed by atoms with van der Waals surface area (Å²) < 4.78 is 0. The van der Waals surface area contributed by atoms with Gasteiger partial charge in [-0.05, 0) is 53.3 Å². The van der Waals surface area contributed by atoms with E-state index in [0.717, 1.165) is 0 Å². The van der Waals surface area contributed by atoms with Crippen molar-refractivity contribution in [2.24, 2.45) is 0 Å². The highest BCUT2D eigenvalue weighted by Gasteiger charge is 2.06. The van der Waals surface area contributed by atoms with E-state index in [4.69, 9.17) is 0 Å². The highest BCUT2D eigenvalue weighted by Crippen LogP contribution is 2.30. The second-order valence-electron chi connectivity index (χ2n) is 4.19. The van der Waals surface area contributed by atoms with E-state index in [1.165, 1.54) is 32.7 Å². The second-order valence-corrected chi connectivity index (χ2v) is 4.19. The van der Waals surface area contributed by atoms with Crippen molar-refractivity contribution in [1.82, 2.24) is 0 Å². The molecule has 0 aromatic heterocycles. The lowest BCUT2D eigenvalue weighted by molar-refractivity contribution is 1.42. The minimum atomic E-state index is 1.19. The fourth-order valence-electron chi connectivity index (χ4n) is 2.34. The van der Waals surface area contributed by atoms with Gasteiger partial charge in [0.15, 0.2) is 0 Å². The molecule has 0 fully saturated rings. The third-order valence-electron chi connectivity index (χ3n) is 3.36. The molecule has 0 nitrogen and oxygen atoms in total. The first-order chi connectivity index (χ1) is 7.79. The summed E-state index contributed by atoms with van der Waals surface area (Å²) in [7, 11) is 0. The number of rotatable bonds is 0. The first-order valence-corrected chi connectivity index (χ1v) is 5.49. The number of fused-ring (bicyclic) bond motifs is 3. The van der Waals surface area contributed by atoms with Crippen LogP contribution in [-0.2, 0) is 0 Å². The van der Waals surface area contributed by atoms with Crippen LogP contribution in [0.15, 0.2) is 36.4 Å². The van der Waals surface area contributed by atoms with E-state index in [2.05, 4.69) is 56.3 Å². The molecule has 0 heteroatoms. The molecule has 3 aromatic carbocycles. The van der Waals surface area contributed by atoms with E-state index < -0.39 is 0 Å². The van der Waals surface area contributed by atoms with E-state index in [1.54, 1.807) is 0 Å². The Morgan fingerprint density at radius 3 is 2.38 bits per heavy atom. The van der Waals surface area contributed by atoms with Crippen LogP contribution in [0.2, 0.25) is 0 Å². The second kappa shape index (κ2) is 3.25. The molecule has 0 spiro atoms. The summed E-state index contributed by atoms with van der Waals surface area (Å²) in [5, 5.41) is 5.12. The zero-order valence-corrected chi connectivity index (χ0v) is 9.46. The molecule has 0 aliphatic rings. The number of hydrogen-bond acceptors (Lipinski definition) is 0. The predicted octanol–water partition coefficient (Wildman–Crippen LogP) is 4.21. The van der Waals surface area contributed by atoms with Gasteiger partial charge in [0.25, 0.3) is 0 Å². The Labute approximate surface area is 95.5 Å². The summed E-state index contributed by atoms with van der Waals surface area (Å²) in [4.78, 5) is 0. The molecule has 76 valence electrons. The first-order valence-electron chi connectivity index (χ1n) is 5.49. The molecule has 0 atom stereocenters. The molecule has 0 amide bonds. The molecule has 0 N–H and O–H groups in total. The van der Waals surface area contributed by atoms with Crippen molar-refractivity contribution in [2.45, 2.75) is 13.8 Å². The minimum absolute atomic E-state index is 1.19. The van der Waals surface area contributed by atoms with Gasteiger partial charge in [0, 0.05) is 5.39 Å². The SMILES string of the molecule is Cc1c(C)c2ccccc2c2ccc#cc12. The standard InChI is InChI=1S/C16H12/c1-11-12(2)14-8-4-6-10-16(14)15-9-5-3-7-13(11)15/h3,5-7,9-10H,1-2H3. The van der Waals surface area contributed by atoms with Crippen LogP contribution in [0.3, 0.4) is 0 Å². The van der Waals surface area contributed by atoms with Crippen molar-refractivity contribution in [1.29, 1.82) is 0 Å². The predicted molar refractivity (Wildman–Crippen MR) is 68.6 cm³/mol. The van der Waals surface area contributed by atoms with Crippen LogP contribution >= 0.6 is 0 Å². The maximum absolute atomic E-state index is 3.23. The Balaban J connectivity index is 2.69. The zero-order valence-electron chi connectivity index (χ0n) is 9.46. The van der Waals surface area contributed by atoms with Gasteiger partial charge in [-0.25, -0.2) is 0 Å². The molecule has 16 heavy (non-hydrogen) atoms. The zero-order chi connectivity index (χ0) is 11.1. The molecule has 3 rings (SSSR count). The Hall–Kier alpha value is -2.00. The number of hydrogen-bond donors (Lipinski definition) is 0. The highest BCUT2D eigenvalue weighted by molar-refractivity contribution is 6.09. The summed E-state index contributed by atoms with van der Waals surface area (Å²) >= 11 is 0. The van der Waals surface area contributed by atoms with Crippen molar-refractivity contribution in [3.63, 3.8) is 0 Å². The summed E-state index contributed by atoms with van der Waals surface area (Å²) in [6.45, 7) is 4.34. The molecule has 3 aromatic rings. The highest BCUT2D eigenvalue weighted by atomic mass is 14.1. The summed E-state index contributed by atoms with van der Waals surface area (Å²) in [6, 6.07) is 18.9. The van der Waals surface area contributed by atoms with Crippen LogP contribution < -0.4 is 0 Å². The van der Waals surface area contributed by atoms with Crippen LogP contribution in [0.4, 0.5) is 0 Å². The molecule has 0 bridgehead atoms. The van der Waals surface area contributed by atoms with Crippen LogP contribution in [0.25, 0.3) is 21.5 Å². The van der Waals surface area contributed by atoms with Gasteiger partial charge >= 0.3 is 0 Å². The molecular weight excluding hydrogens is 192 g/mol. The Bertz CT molecular complexity index is 617. The van der Waals surface area contributed by atoms with Gasteiger partial charge in [0.1, 0.15) is 0 Å². The van der Waals surface area contributed by atoms with Gasteiger partial charge in [0.05, 0.1) is 0 Å². The maximum atomic E-state index is 3.23. The minimum Gasteiger partial charge on any atom is -0.0696 e. The quantitative estimate of drug-likeness (QED) is 0.514. The average Bonchev–Trinajstić information content (AvgIpc) is 2.36. The van der Waals surface area contributed by atoms with E-state index in [1.807, 2.05) is 6.07 Å². The normalized spacial score (nSPS) is 10.6. The van der Waals surface area contributed by atoms with Gasteiger partial charge in [-0.3, -0.25) is 0 Å². The Kier molecular flexibility index (Phi) is 1.88. The molecular formula is C16H12. The lowest BCUT2D eigenvalue weighted by Gasteiger charge is -2.09. The summed E-state index contributed by atoms with van der Waals surface area (Å²) in [5.74, 6) is 0. The van der Waals surface area contributed by atoms with E-state index in [0.29, 0.717) is 0 Å². The summed E-state index contributed by atoms with van der Waals surface area (Å²) in [5.41, 5.74) is 2.66. The third-order valence-corrected chi connectivity index (χ3v) is 3.36. The van der Waals surface area contributed by atoms with Crippen LogP contribution in [0.5, 0.6) is 0 Å². The Morgan fingerprint density at radius 1 is 0.812 bits per heavy atom. The molecule has 0 aliphatic heterocycles. The van der Waals surface area contributed by atoms with Crippen molar-refractivity contribution >= 4 is 21.5 Å². The number of benzene rings is 2. The van der Waals surface area contributed by atoms with Gasteiger partial charge in [-0.15, -0.1) is 0 Å². The van der Waals surface area contributed by atoms with E-state index in [9.17, 15) is 0 Å². The molecule has 0 saturated carbocycles. The van der Waals surface area contributed by atoms with Crippen molar-refractivity contribution in [2.75, 3.05) is 0 Å². The number of aryl methyl sites for hydroxylation is 2. The molecule has 0 heterocycles. The molecule has 0 aliphatic carbocycles. The first kappa shape index (κ1) is 9.24. The lowest BCUT2D eigenvalue weighted by Crippen LogP contribution is -1.87. The fourth-order valence-corrected chi connectivity index (χ4v) is 2.34. The smallest absolute Gasteiger partial charge is 0.0359 e. The monoisotopic (exact) mass is 204 g/mol. The van der Waals surface area contributed by atoms with Gasteiger partial charge in [0.2, 0.25) is 0 Å². The average molecular weight is 204 g/mol. The van der Waals surface area contributed by atoms with Crippen molar-refractivity contribution in [3.8, 4) is 0 Å². The van der Waals surface area contributed by atoms with Gasteiger partial charge < -0.3 is 0 Å². The lowest BCUT2D eigenvalue weighted by atomic mass is 9.94. The molecule has 0 saturated heterocycles. The van der Waals surface area contributed by atoms with Crippen molar-refractivity contribution in [3.05, 3.63) is 59.7 Å². The van der Waals surface area contributed by atoms with E-state index in [-0.39, 0.29) is 0 Å². The van der Waals surface area contributed by atoms with Crippen LogP contribution in [0, 0.1) is 26.0 Å². The van der Waals surface area contributed by atoms with E-state index >= 15 is 0 Å². The third kappa shape index (κ3) is 1.12. The van der Waals surface area contributed by atoms with Crippen LogP contribution in [-0.4, -0.2) is 0 Å². The van der Waals surface area contributed by atoms with Crippen molar-refractivity contribution < 1.29 is 0 Å². The maximum Gasteiger partial charge on any atom is 0.0359 e. The Morgan fingerprint density at radius 2 is 1.56 bits per heavy atom. The topological polar surface area (TPSA) is 0 Å². The molecule has 0 radical (unpaired) electrons.